The molecule has 324 valence electrons. The first-order valence-electron chi connectivity index (χ1n) is 16.6. The summed E-state index contributed by atoms with van der Waals surface area (Å²) in [6.45, 7) is 0. The fourth-order valence-electron chi connectivity index (χ4n) is 5.45. The molecule has 0 saturated carbocycles. The van der Waals surface area contributed by atoms with E-state index in [9.17, 15) is 73.8 Å². The van der Waals surface area contributed by atoms with E-state index in [4.69, 9.17) is 11.6 Å². The van der Waals surface area contributed by atoms with E-state index in [2.05, 4.69) is 36.6 Å². The lowest BCUT2D eigenvalue weighted by molar-refractivity contribution is -0.385. The predicted molar refractivity (Wildman–Crippen MR) is 221 cm³/mol. The number of aliphatic hydroxyl groups excluding tert-OH is 1. The van der Waals surface area contributed by atoms with Gasteiger partial charge in [0.1, 0.15) is 27.0 Å². The molecule has 0 heterocycles. The number of azo groups is 1. The zero-order valence-electron chi connectivity index (χ0n) is 30.6. The average Bonchev–Trinajstić information content (AvgIpc) is 3.19. The number of hydrogen-bond donors (Lipinski definition) is 7. The molecular weight excluding hydrogens is 922 g/mol. The molecule has 4 aromatic carbocycles. The van der Waals surface area contributed by atoms with Crippen molar-refractivity contribution in [2.45, 2.75) is 9.79 Å². The Hall–Kier alpha value is -7.60. The first-order valence-corrected chi connectivity index (χ1v) is 21.3. The predicted octanol–water partition coefficient (Wildman–Crippen LogP) is 5.75. The van der Waals surface area contributed by atoms with Crippen LogP contribution in [0.5, 0.6) is 0 Å². The van der Waals surface area contributed by atoms with Crippen LogP contribution >= 0.6 is 11.6 Å². The first-order chi connectivity index (χ1) is 29.4. The van der Waals surface area contributed by atoms with Crippen LogP contribution < -0.4 is 16.2 Å². The molecule has 25 nitrogen and oxygen atoms in total. The third kappa shape index (κ3) is 10.1. The fourth-order valence-corrected chi connectivity index (χ4v) is 7.53. The van der Waals surface area contributed by atoms with Gasteiger partial charge < -0.3 is 10.4 Å². The molecule has 0 unspecified atom stereocenters. The van der Waals surface area contributed by atoms with Crippen LogP contribution in [0.1, 0.15) is 15.9 Å². The SMILES string of the molecule is O=C1C=C(O)C(N=Nc2cc(S(=O)(=O)O)cc3c2C(=O)/C(=N/Nc2ccc([N+](=O)[O-])cc2Cl)C(S(=O)(=O)O)=C3)=C/C1=N\Nc1ccc(Nc2ccc([N+](=O)[O-])cc2S(=O)(=O)O)cc1. The molecule has 2 aliphatic rings. The summed E-state index contributed by atoms with van der Waals surface area (Å²) in [5, 5.41) is 50.5. The maximum absolute atomic E-state index is 13.9. The van der Waals surface area contributed by atoms with Gasteiger partial charge in [0.05, 0.1) is 48.1 Å². The minimum absolute atomic E-state index is 0.164. The number of anilines is 4. The fraction of sp³-hybridized carbons (Fsp3) is 0. The molecular formula is C34H22ClN9O16S3. The standard InChI is InChI=1S/C34H22ClN9O16S3/c35-22-11-19(43(48)49)5-7-23(22)38-42-33-31(63(58,59)60)10-16-9-21(61(52,53)54)13-27(32(16)34(33)47)41-40-26-14-25(28(45)15-29(26)46)39-37-18-3-1-17(2-4-18)36-24-8-6-20(44(50)51)12-30(24)62(55,56)57/h1-15,36-38,46H,(H,52,53,54)(H,55,56,57)(H,58,59,60)/b39-25+,41-40?,42-33+. The van der Waals surface area contributed by atoms with Gasteiger partial charge in [-0.05, 0) is 60.2 Å². The molecule has 0 radical (unpaired) electrons. The first kappa shape index (κ1) is 44.9. The number of hydrazone groups is 2. The Labute approximate surface area is 357 Å². The van der Waals surface area contributed by atoms with Crippen LogP contribution in [0.25, 0.3) is 6.08 Å². The van der Waals surface area contributed by atoms with Gasteiger partial charge >= 0.3 is 0 Å². The number of carbonyl (C=O) groups excluding carboxylic acids is 2. The van der Waals surface area contributed by atoms with E-state index in [0.29, 0.717) is 30.4 Å². The van der Waals surface area contributed by atoms with Crippen molar-refractivity contribution in [1.82, 2.24) is 0 Å². The summed E-state index contributed by atoms with van der Waals surface area (Å²) in [4.78, 5) is 44.4. The van der Waals surface area contributed by atoms with Crippen LogP contribution in [-0.4, -0.2) is 76.9 Å². The van der Waals surface area contributed by atoms with E-state index < -0.39 is 118 Å². The number of nitro groups is 2. The van der Waals surface area contributed by atoms with Gasteiger partial charge in [0.15, 0.2) is 5.71 Å². The number of benzene rings is 4. The number of fused-ring (bicyclic) bond motifs is 1. The summed E-state index contributed by atoms with van der Waals surface area (Å²) in [5.41, 5.74) is 0.189. The zero-order chi connectivity index (χ0) is 46.2. The number of aliphatic hydroxyl groups is 1. The van der Waals surface area contributed by atoms with E-state index in [0.717, 1.165) is 36.4 Å². The van der Waals surface area contributed by atoms with Gasteiger partial charge in [-0.3, -0.25) is 54.3 Å². The lowest BCUT2D eigenvalue weighted by Crippen LogP contribution is -2.27. The van der Waals surface area contributed by atoms with Crippen molar-refractivity contribution in [3.8, 4) is 0 Å². The summed E-state index contributed by atoms with van der Waals surface area (Å²) < 4.78 is 102. The molecule has 0 bridgehead atoms. The second-order valence-electron chi connectivity index (χ2n) is 12.5. The number of ketones is 2. The highest BCUT2D eigenvalue weighted by molar-refractivity contribution is 7.91. The molecule has 2 aliphatic carbocycles. The van der Waals surface area contributed by atoms with Crippen molar-refractivity contribution in [1.29, 1.82) is 0 Å². The van der Waals surface area contributed by atoms with Crippen LogP contribution in [0.2, 0.25) is 5.02 Å². The monoisotopic (exact) mass is 943 g/mol. The van der Waals surface area contributed by atoms with Gasteiger partial charge in [-0.15, -0.1) is 10.2 Å². The van der Waals surface area contributed by atoms with Gasteiger partial charge in [-0.2, -0.15) is 35.5 Å². The molecule has 7 N–H and O–H groups in total. The van der Waals surface area contributed by atoms with Crippen LogP contribution in [0.3, 0.4) is 0 Å². The van der Waals surface area contributed by atoms with Crippen molar-refractivity contribution in [3.63, 3.8) is 0 Å². The molecule has 0 spiro atoms. The Morgan fingerprint density at radius 3 is 1.87 bits per heavy atom. The molecule has 4 aromatic rings. The quantitative estimate of drug-likeness (QED) is 0.0276. The number of hydrogen-bond acceptors (Lipinski definition) is 20. The van der Waals surface area contributed by atoms with Crippen molar-refractivity contribution in [3.05, 3.63) is 138 Å². The van der Waals surface area contributed by atoms with Gasteiger partial charge in [-0.1, -0.05) is 11.6 Å². The second kappa shape index (κ2) is 17.0. The number of halogens is 1. The second-order valence-corrected chi connectivity index (χ2v) is 17.1. The Bertz CT molecular complexity index is 3240. The smallest absolute Gasteiger partial charge is 0.296 e. The number of Topliss-reactive ketones (excluding diaryl/α,β-unsaturated/α-hetero) is 1. The minimum Gasteiger partial charge on any atom is -0.505 e. The third-order valence-corrected chi connectivity index (χ3v) is 11.3. The number of nitrogens with zero attached hydrogens (tertiary/aromatic N) is 6. The maximum atomic E-state index is 13.9. The number of nitro benzene ring substituents is 2. The van der Waals surface area contributed by atoms with E-state index in [-0.39, 0.29) is 27.8 Å². The minimum atomic E-state index is -5.31. The Morgan fingerprint density at radius 1 is 0.667 bits per heavy atom. The van der Waals surface area contributed by atoms with Crippen LogP contribution in [0, 0.1) is 20.2 Å². The molecule has 0 aromatic heterocycles. The Kier molecular flexibility index (Phi) is 12.2. The van der Waals surface area contributed by atoms with E-state index in [1.807, 2.05) is 0 Å². The largest absolute Gasteiger partial charge is 0.505 e. The van der Waals surface area contributed by atoms with Crippen molar-refractivity contribution < 1.29 is 63.5 Å². The number of nitrogens with one attached hydrogen (secondary N) is 3. The number of rotatable bonds is 13. The lowest BCUT2D eigenvalue weighted by atomic mass is 9.93. The molecule has 29 heteroatoms. The molecule has 0 saturated heterocycles. The summed E-state index contributed by atoms with van der Waals surface area (Å²) in [6, 6.07) is 12.6. The number of allylic oxidation sites excluding steroid dienone is 3. The average molecular weight is 944 g/mol. The maximum Gasteiger partial charge on any atom is 0.296 e. The van der Waals surface area contributed by atoms with Gasteiger partial charge in [0.2, 0.25) is 11.6 Å². The van der Waals surface area contributed by atoms with Gasteiger partial charge in [-0.25, -0.2) is 0 Å². The van der Waals surface area contributed by atoms with Gasteiger partial charge in [0, 0.05) is 42.1 Å². The molecule has 63 heavy (non-hydrogen) atoms. The number of non-ortho nitro benzene ring substituents is 2. The van der Waals surface area contributed by atoms with Crippen LogP contribution in [-0.2, 0) is 35.1 Å². The number of carbonyl (C=O) groups is 2. The summed E-state index contributed by atoms with van der Waals surface area (Å²) in [6.07, 6.45) is 2.21. The lowest BCUT2D eigenvalue weighted by Gasteiger charge is -2.18. The molecule has 0 amide bonds. The Morgan fingerprint density at radius 2 is 1.29 bits per heavy atom. The van der Waals surface area contributed by atoms with E-state index >= 15 is 0 Å². The molecule has 6 rings (SSSR count). The van der Waals surface area contributed by atoms with Crippen molar-refractivity contribution >= 4 is 111 Å². The normalized spacial score (nSPS) is 15.7. The summed E-state index contributed by atoms with van der Waals surface area (Å²) in [5.74, 6) is -2.98. The zero-order valence-corrected chi connectivity index (χ0v) is 33.8. The van der Waals surface area contributed by atoms with E-state index in [1.165, 1.54) is 24.3 Å². The highest BCUT2D eigenvalue weighted by atomic mass is 35.5. The molecule has 0 fully saturated rings. The van der Waals surface area contributed by atoms with Crippen molar-refractivity contribution in [2.75, 3.05) is 16.2 Å². The van der Waals surface area contributed by atoms with Crippen LogP contribution in [0.4, 0.5) is 39.8 Å². The van der Waals surface area contributed by atoms with Crippen molar-refractivity contribution in [2.24, 2.45) is 20.4 Å². The Balaban J connectivity index is 1.31. The third-order valence-electron chi connectivity index (χ3n) is 8.36. The van der Waals surface area contributed by atoms with E-state index in [1.54, 1.807) is 0 Å². The summed E-state index contributed by atoms with van der Waals surface area (Å²) >= 11 is 6.06. The van der Waals surface area contributed by atoms with Crippen LogP contribution in [0.15, 0.2) is 132 Å². The topological polar surface area (TPSA) is 389 Å². The highest BCUT2D eigenvalue weighted by Crippen LogP contribution is 2.37. The van der Waals surface area contributed by atoms with Gasteiger partial charge in [0.25, 0.3) is 41.7 Å². The summed E-state index contributed by atoms with van der Waals surface area (Å²) in [7, 11) is -15.3. The molecule has 0 atom stereocenters. The highest BCUT2D eigenvalue weighted by Gasteiger charge is 2.36. The molecule has 0 aliphatic heterocycles.